The van der Waals surface area contributed by atoms with Gasteiger partial charge in [-0.2, -0.15) is 15.2 Å². The number of hydrogen-bond acceptors (Lipinski definition) is 6. The Kier molecular flexibility index (Phi) is 5.72. The molecule has 1 aliphatic rings. The minimum absolute atomic E-state index is 0.0425. The first-order valence-electron chi connectivity index (χ1n) is 11.2. The van der Waals surface area contributed by atoms with Crippen LogP contribution in [0.25, 0.3) is 16.8 Å². The van der Waals surface area contributed by atoms with E-state index in [1.807, 2.05) is 0 Å². The third-order valence-corrected chi connectivity index (χ3v) is 6.36. The lowest BCUT2D eigenvalue weighted by Gasteiger charge is -2.40. The van der Waals surface area contributed by atoms with Gasteiger partial charge in [-0.05, 0) is 49.4 Å². The molecule has 1 aliphatic heterocycles. The van der Waals surface area contributed by atoms with E-state index in [-0.39, 0.29) is 35.1 Å². The molecule has 2 unspecified atom stereocenters. The van der Waals surface area contributed by atoms with Gasteiger partial charge in [0.1, 0.15) is 17.0 Å². The van der Waals surface area contributed by atoms with Gasteiger partial charge in [0.25, 0.3) is 11.9 Å². The van der Waals surface area contributed by atoms with E-state index in [1.54, 1.807) is 17.9 Å². The highest BCUT2D eigenvalue weighted by Gasteiger charge is 2.35. The minimum atomic E-state index is -0.566. The van der Waals surface area contributed by atoms with Gasteiger partial charge in [0.2, 0.25) is 0 Å². The highest BCUT2D eigenvalue weighted by molar-refractivity contribution is 5.99. The van der Waals surface area contributed by atoms with Crippen molar-refractivity contribution in [1.82, 2.24) is 24.9 Å². The summed E-state index contributed by atoms with van der Waals surface area (Å²) in [5.41, 5.74) is 1.82. The number of carbonyl (C=O) groups is 1. The van der Waals surface area contributed by atoms with Crippen LogP contribution in [0.2, 0.25) is 0 Å². The highest BCUT2D eigenvalue weighted by atomic mass is 19.1. The van der Waals surface area contributed by atoms with Crippen molar-refractivity contribution >= 4 is 23.0 Å². The Morgan fingerprint density at radius 3 is 2.79 bits per heavy atom. The molecule has 0 saturated carbocycles. The lowest BCUT2D eigenvalue weighted by Crippen LogP contribution is -2.51. The first-order chi connectivity index (χ1) is 16.4. The van der Waals surface area contributed by atoms with E-state index in [0.29, 0.717) is 29.8 Å². The molecule has 1 saturated heterocycles. The van der Waals surface area contributed by atoms with Gasteiger partial charge in [-0.3, -0.25) is 4.79 Å². The Morgan fingerprint density at radius 1 is 1.21 bits per heavy atom. The second-order valence-electron chi connectivity index (χ2n) is 8.60. The van der Waals surface area contributed by atoms with E-state index in [1.165, 1.54) is 36.7 Å². The first kappa shape index (κ1) is 22.0. The number of piperidine rings is 1. The van der Waals surface area contributed by atoms with E-state index >= 15 is 0 Å². The molecule has 0 spiro atoms. The molecule has 0 aliphatic carbocycles. The number of halogens is 2. The zero-order valence-corrected chi connectivity index (χ0v) is 18.8. The van der Waals surface area contributed by atoms with Crippen molar-refractivity contribution in [2.24, 2.45) is 5.92 Å². The van der Waals surface area contributed by atoms with Gasteiger partial charge in [-0.25, -0.2) is 8.78 Å². The predicted molar refractivity (Wildman–Crippen MR) is 122 cm³/mol. The van der Waals surface area contributed by atoms with E-state index in [2.05, 4.69) is 27.4 Å². The fourth-order valence-electron chi connectivity index (χ4n) is 4.59. The molecule has 1 fully saturated rings. The van der Waals surface area contributed by atoms with Crippen LogP contribution in [0.1, 0.15) is 35.7 Å². The third kappa shape index (κ3) is 4.00. The summed E-state index contributed by atoms with van der Waals surface area (Å²) in [5.74, 6) is -1.05. The Morgan fingerprint density at radius 2 is 2.00 bits per heavy atom. The molecule has 8 nitrogen and oxygen atoms in total. The van der Waals surface area contributed by atoms with E-state index < -0.39 is 11.6 Å². The summed E-state index contributed by atoms with van der Waals surface area (Å²) in [6.45, 7) is 4.78. The normalized spacial score (nSPS) is 18.4. The lowest BCUT2D eigenvalue weighted by molar-refractivity contribution is 0.0537. The molecule has 0 radical (unpaired) electrons. The molecule has 34 heavy (non-hydrogen) atoms. The van der Waals surface area contributed by atoms with Gasteiger partial charge in [-0.15, -0.1) is 4.80 Å². The zero-order valence-electron chi connectivity index (χ0n) is 18.8. The molecule has 5 rings (SSSR count). The molecular formula is C24H24F2N6O2. The van der Waals surface area contributed by atoms with Gasteiger partial charge in [0, 0.05) is 19.2 Å². The monoisotopic (exact) mass is 466 g/mol. The van der Waals surface area contributed by atoms with Crippen molar-refractivity contribution in [2.45, 2.75) is 32.7 Å². The predicted octanol–water partition coefficient (Wildman–Crippen LogP) is 4.35. The van der Waals surface area contributed by atoms with Crippen molar-refractivity contribution in [3.63, 3.8) is 0 Å². The van der Waals surface area contributed by atoms with E-state index in [9.17, 15) is 13.6 Å². The highest BCUT2D eigenvalue weighted by Crippen LogP contribution is 2.29. The van der Waals surface area contributed by atoms with Crippen LogP contribution in [-0.4, -0.2) is 49.9 Å². The van der Waals surface area contributed by atoms with E-state index in [4.69, 9.17) is 4.42 Å². The maximum atomic E-state index is 14.9. The second-order valence-corrected chi connectivity index (χ2v) is 8.60. The molecule has 1 N–H and O–H groups in total. The number of carbonyl (C=O) groups excluding carboxylic acids is 1. The molecular weight excluding hydrogens is 442 g/mol. The summed E-state index contributed by atoms with van der Waals surface area (Å²) >= 11 is 0. The maximum Gasteiger partial charge on any atom is 0.295 e. The van der Waals surface area contributed by atoms with Crippen LogP contribution in [0.3, 0.4) is 0 Å². The average molecular weight is 466 g/mol. The number of likely N-dealkylation sites (tertiary alicyclic amines) is 1. The van der Waals surface area contributed by atoms with Crippen LogP contribution in [0.5, 0.6) is 0 Å². The quantitative estimate of drug-likeness (QED) is 0.471. The van der Waals surface area contributed by atoms with Crippen molar-refractivity contribution in [3.05, 3.63) is 65.5 Å². The molecule has 1 amide bonds. The number of amides is 1. The van der Waals surface area contributed by atoms with Crippen LogP contribution < -0.4 is 5.32 Å². The van der Waals surface area contributed by atoms with Crippen LogP contribution >= 0.6 is 0 Å². The van der Waals surface area contributed by atoms with Crippen LogP contribution in [0.15, 0.2) is 47.1 Å². The topological polar surface area (TPSA) is 89.1 Å². The molecule has 10 heteroatoms. The standard InChI is InChI=1S/C24H24F2N6O2/c1-14-4-3-11-31(19(14)13-27-24-30-18-12-16(25)6-8-20(18)34-24)23(33)21-15(2)5-7-17(26)22(21)32-28-9-10-29-32/h5-10,12,14,19H,3-4,11,13H2,1-2H3,(H,27,30). The van der Waals surface area contributed by atoms with Crippen LogP contribution in [0.4, 0.5) is 14.8 Å². The molecule has 176 valence electrons. The molecule has 2 atom stereocenters. The largest absolute Gasteiger partial charge is 0.424 e. The molecule has 0 bridgehead atoms. The van der Waals surface area contributed by atoms with Crippen molar-refractivity contribution < 1.29 is 18.0 Å². The Balaban J connectivity index is 1.44. The summed E-state index contributed by atoms with van der Waals surface area (Å²) in [6, 6.07) is 7.13. The average Bonchev–Trinajstić information content (AvgIpc) is 3.48. The number of rotatable bonds is 5. The fourth-order valence-corrected chi connectivity index (χ4v) is 4.59. The fraction of sp³-hybridized carbons (Fsp3) is 0.333. The Hall–Kier alpha value is -3.82. The zero-order chi connectivity index (χ0) is 23.8. The number of aromatic nitrogens is 4. The lowest BCUT2D eigenvalue weighted by atomic mass is 9.89. The second kappa shape index (κ2) is 8.85. The number of benzene rings is 2. The Labute approximate surface area is 194 Å². The summed E-state index contributed by atoms with van der Waals surface area (Å²) in [4.78, 5) is 21.0. The summed E-state index contributed by atoms with van der Waals surface area (Å²) < 4.78 is 34.0. The number of aryl methyl sites for hydroxylation is 1. The number of oxazole rings is 1. The maximum absolute atomic E-state index is 14.9. The minimum Gasteiger partial charge on any atom is -0.424 e. The number of fused-ring (bicyclic) bond motifs is 1. The van der Waals surface area contributed by atoms with Crippen molar-refractivity contribution in [2.75, 3.05) is 18.4 Å². The molecule has 4 aromatic rings. The van der Waals surface area contributed by atoms with Gasteiger partial charge in [0.05, 0.1) is 24.0 Å². The van der Waals surface area contributed by atoms with Crippen molar-refractivity contribution in [3.8, 4) is 5.69 Å². The number of hydrogen-bond donors (Lipinski definition) is 1. The van der Waals surface area contributed by atoms with Gasteiger partial charge in [-0.1, -0.05) is 13.0 Å². The van der Waals surface area contributed by atoms with E-state index in [0.717, 1.165) is 17.6 Å². The molecule has 3 heterocycles. The SMILES string of the molecule is Cc1ccc(F)c(-n2nccn2)c1C(=O)N1CCCC(C)C1CNc1nc2cc(F)ccc2o1. The summed E-state index contributed by atoms with van der Waals surface area (Å²) in [7, 11) is 0. The molecule has 2 aromatic carbocycles. The number of anilines is 1. The van der Waals surface area contributed by atoms with Crippen LogP contribution in [0, 0.1) is 24.5 Å². The number of nitrogens with zero attached hydrogens (tertiary/aromatic N) is 5. The van der Waals surface area contributed by atoms with Gasteiger partial charge >= 0.3 is 0 Å². The van der Waals surface area contributed by atoms with Crippen LogP contribution in [-0.2, 0) is 0 Å². The van der Waals surface area contributed by atoms with Gasteiger partial charge < -0.3 is 14.6 Å². The summed E-state index contributed by atoms with van der Waals surface area (Å²) in [5, 5.41) is 11.3. The summed E-state index contributed by atoms with van der Waals surface area (Å²) in [6.07, 6.45) is 4.68. The van der Waals surface area contributed by atoms with Gasteiger partial charge in [0.15, 0.2) is 11.4 Å². The number of nitrogens with one attached hydrogen (secondary N) is 1. The Bertz CT molecular complexity index is 1340. The van der Waals surface area contributed by atoms with Crippen molar-refractivity contribution in [1.29, 1.82) is 0 Å². The first-order valence-corrected chi connectivity index (χ1v) is 11.2. The smallest absolute Gasteiger partial charge is 0.295 e. The molecule has 2 aromatic heterocycles. The third-order valence-electron chi connectivity index (χ3n) is 6.36.